The molecule has 96 valence electrons. The Hall–Kier alpha value is -2.48. The molecule has 2 nitrogen and oxygen atoms in total. The highest BCUT2D eigenvalue weighted by Gasteiger charge is 2.29. The van der Waals surface area contributed by atoms with E-state index in [2.05, 4.69) is 6.08 Å². The van der Waals surface area contributed by atoms with Crippen molar-refractivity contribution in [3.8, 4) is 0 Å². The third-order valence-corrected chi connectivity index (χ3v) is 4.13. The Morgan fingerprint density at radius 3 is 2.65 bits per heavy atom. The molecule has 0 N–H and O–H groups in total. The van der Waals surface area contributed by atoms with Gasteiger partial charge in [-0.2, -0.15) is 0 Å². The summed E-state index contributed by atoms with van der Waals surface area (Å²) < 4.78 is 0. The highest BCUT2D eigenvalue weighted by molar-refractivity contribution is 6.31. The van der Waals surface area contributed by atoms with E-state index >= 15 is 0 Å². The summed E-state index contributed by atoms with van der Waals surface area (Å²) in [5.74, 6) is -0.0899. The van der Waals surface area contributed by atoms with Gasteiger partial charge >= 0.3 is 0 Å². The number of fused-ring (bicyclic) bond motifs is 3. The van der Waals surface area contributed by atoms with Gasteiger partial charge in [0.25, 0.3) is 0 Å². The first-order valence-corrected chi connectivity index (χ1v) is 6.75. The molecule has 3 aliphatic carbocycles. The van der Waals surface area contributed by atoms with E-state index in [0.29, 0.717) is 5.57 Å². The Labute approximate surface area is 116 Å². The smallest absolute Gasteiger partial charge is 0.187 e. The van der Waals surface area contributed by atoms with Gasteiger partial charge in [-0.3, -0.25) is 9.59 Å². The van der Waals surface area contributed by atoms with Gasteiger partial charge in [-0.25, -0.2) is 0 Å². The van der Waals surface area contributed by atoms with E-state index in [0.717, 1.165) is 40.0 Å². The van der Waals surface area contributed by atoms with Crippen LogP contribution < -0.4 is 10.4 Å². The number of ketones is 2. The van der Waals surface area contributed by atoms with Gasteiger partial charge in [-0.1, -0.05) is 36.4 Å². The van der Waals surface area contributed by atoms with Crippen molar-refractivity contribution in [1.82, 2.24) is 0 Å². The summed E-state index contributed by atoms with van der Waals surface area (Å²) in [5, 5.41) is 2.10. The average molecular weight is 260 g/mol. The molecule has 0 bridgehead atoms. The summed E-state index contributed by atoms with van der Waals surface area (Å²) in [6.07, 6.45) is 8.57. The van der Waals surface area contributed by atoms with E-state index in [1.807, 2.05) is 30.3 Å². The van der Waals surface area contributed by atoms with E-state index in [1.54, 1.807) is 6.08 Å². The minimum atomic E-state index is -0.0509. The van der Waals surface area contributed by atoms with Gasteiger partial charge in [-0.15, -0.1) is 0 Å². The van der Waals surface area contributed by atoms with Gasteiger partial charge in [0, 0.05) is 11.1 Å². The van der Waals surface area contributed by atoms with Crippen LogP contribution >= 0.6 is 0 Å². The van der Waals surface area contributed by atoms with E-state index < -0.39 is 0 Å². The van der Waals surface area contributed by atoms with Crippen LogP contribution in [0.1, 0.15) is 12.8 Å². The maximum atomic E-state index is 12.5. The molecule has 0 spiro atoms. The zero-order chi connectivity index (χ0) is 13.7. The first-order valence-electron chi connectivity index (χ1n) is 6.75. The highest BCUT2D eigenvalue weighted by Crippen LogP contribution is 2.35. The van der Waals surface area contributed by atoms with Crippen molar-refractivity contribution in [3.63, 3.8) is 0 Å². The van der Waals surface area contributed by atoms with Gasteiger partial charge in [0.05, 0.1) is 0 Å². The summed E-state index contributed by atoms with van der Waals surface area (Å²) >= 11 is 0. The SMILES string of the molecule is O=C1C=CCC2=C3CC=c4ccccc4=C3C(=O)C=C12. The molecule has 3 aliphatic rings. The number of hydrogen-bond donors (Lipinski definition) is 0. The van der Waals surface area contributed by atoms with Gasteiger partial charge in [0.2, 0.25) is 0 Å². The third kappa shape index (κ3) is 1.45. The van der Waals surface area contributed by atoms with Crippen LogP contribution in [0.2, 0.25) is 0 Å². The fourth-order valence-corrected chi connectivity index (χ4v) is 3.21. The number of allylic oxidation sites excluding steroid dienone is 6. The van der Waals surface area contributed by atoms with Crippen LogP contribution in [-0.4, -0.2) is 11.6 Å². The standard InChI is InChI=1S/C18H12O2/c19-16-7-3-6-13-14-9-8-11-4-1-2-5-12(11)18(14)17(20)10-15(13)16/h1-5,7-8,10H,6,9H2. The lowest BCUT2D eigenvalue weighted by atomic mass is 9.77. The van der Waals surface area contributed by atoms with Crippen molar-refractivity contribution in [1.29, 1.82) is 0 Å². The monoisotopic (exact) mass is 260 g/mol. The molecule has 0 aromatic heterocycles. The molecule has 1 aromatic carbocycles. The first-order chi connectivity index (χ1) is 9.75. The number of benzene rings is 1. The molecule has 0 radical (unpaired) electrons. The van der Waals surface area contributed by atoms with Crippen LogP contribution in [0.5, 0.6) is 0 Å². The third-order valence-electron chi connectivity index (χ3n) is 4.13. The van der Waals surface area contributed by atoms with Crippen LogP contribution in [0.3, 0.4) is 0 Å². The van der Waals surface area contributed by atoms with Gasteiger partial charge in [-0.05, 0) is 46.6 Å². The topological polar surface area (TPSA) is 34.1 Å². The van der Waals surface area contributed by atoms with Gasteiger partial charge in [0.1, 0.15) is 0 Å². The lowest BCUT2D eigenvalue weighted by Gasteiger charge is -2.25. The van der Waals surface area contributed by atoms with Crippen LogP contribution in [-0.2, 0) is 9.59 Å². The quantitative estimate of drug-likeness (QED) is 0.706. The molecule has 0 heterocycles. The van der Waals surface area contributed by atoms with Gasteiger partial charge < -0.3 is 0 Å². The predicted octanol–water partition coefficient (Wildman–Crippen LogP) is 1.36. The van der Waals surface area contributed by atoms with Crippen molar-refractivity contribution in [3.05, 3.63) is 69.7 Å². The second kappa shape index (κ2) is 4.01. The van der Waals surface area contributed by atoms with Crippen LogP contribution in [0.15, 0.2) is 59.2 Å². The molecule has 0 amide bonds. The molecule has 0 unspecified atom stereocenters. The normalized spacial score (nSPS) is 20.0. The van der Waals surface area contributed by atoms with Crippen LogP contribution in [0.25, 0.3) is 11.6 Å². The highest BCUT2D eigenvalue weighted by atomic mass is 16.1. The van der Waals surface area contributed by atoms with Gasteiger partial charge in [0.15, 0.2) is 11.6 Å². The molecule has 1 aromatic rings. The lowest BCUT2D eigenvalue weighted by Crippen LogP contribution is -2.34. The number of carbonyl (C=O) groups excluding carboxylic acids is 2. The molecule has 4 rings (SSSR count). The number of hydrogen-bond acceptors (Lipinski definition) is 2. The largest absolute Gasteiger partial charge is 0.289 e. The van der Waals surface area contributed by atoms with E-state index in [9.17, 15) is 9.59 Å². The minimum Gasteiger partial charge on any atom is -0.289 e. The maximum Gasteiger partial charge on any atom is 0.187 e. The summed E-state index contributed by atoms with van der Waals surface area (Å²) in [5.41, 5.74) is 3.43. The maximum absolute atomic E-state index is 12.5. The molecule has 20 heavy (non-hydrogen) atoms. The van der Waals surface area contributed by atoms with Crippen LogP contribution in [0, 0.1) is 0 Å². The van der Waals surface area contributed by atoms with E-state index in [-0.39, 0.29) is 11.6 Å². The predicted molar refractivity (Wildman–Crippen MR) is 77.1 cm³/mol. The number of carbonyl (C=O) groups is 2. The zero-order valence-corrected chi connectivity index (χ0v) is 10.8. The van der Waals surface area contributed by atoms with Crippen molar-refractivity contribution in [2.24, 2.45) is 0 Å². The molecule has 0 atom stereocenters. The second-order valence-corrected chi connectivity index (χ2v) is 5.22. The zero-order valence-electron chi connectivity index (χ0n) is 10.8. The summed E-state index contributed by atoms with van der Waals surface area (Å²) in [6.45, 7) is 0. The molecule has 0 fully saturated rings. The minimum absolute atomic E-state index is 0.0389. The molecule has 2 heteroatoms. The van der Waals surface area contributed by atoms with E-state index in [4.69, 9.17) is 0 Å². The van der Waals surface area contributed by atoms with Crippen LogP contribution in [0.4, 0.5) is 0 Å². The average Bonchev–Trinajstić information content (AvgIpc) is 2.48. The van der Waals surface area contributed by atoms with E-state index in [1.165, 1.54) is 6.08 Å². The molecule has 0 aliphatic heterocycles. The Kier molecular flexibility index (Phi) is 2.27. The summed E-state index contributed by atoms with van der Waals surface area (Å²) in [6, 6.07) is 7.95. The fraction of sp³-hybridized carbons (Fsp3) is 0.111. The Morgan fingerprint density at radius 2 is 1.75 bits per heavy atom. The summed E-state index contributed by atoms with van der Waals surface area (Å²) in [4.78, 5) is 24.4. The molecular formula is C18H12O2. The Morgan fingerprint density at radius 1 is 0.900 bits per heavy atom. The van der Waals surface area contributed by atoms with Crippen molar-refractivity contribution < 1.29 is 9.59 Å². The number of rotatable bonds is 0. The lowest BCUT2D eigenvalue weighted by molar-refractivity contribution is -0.113. The van der Waals surface area contributed by atoms with Crippen molar-refractivity contribution >= 4 is 23.2 Å². The molecular weight excluding hydrogens is 248 g/mol. The van der Waals surface area contributed by atoms with Crippen molar-refractivity contribution in [2.45, 2.75) is 12.8 Å². The molecule has 0 saturated heterocycles. The van der Waals surface area contributed by atoms with Crippen molar-refractivity contribution in [2.75, 3.05) is 0 Å². The fourth-order valence-electron chi connectivity index (χ4n) is 3.21. The first kappa shape index (κ1) is 11.4. The Bertz CT molecular complexity index is 876. The Balaban J connectivity index is 2.11. The molecule has 0 saturated carbocycles. The summed E-state index contributed by atoms with van der Waals surface area (Å²) in [7, 11) is 0. The second-order valence-electron chi connectivity index (χ2n) is 5.22.